The molecule has 2 aromatic rings. The van der Waals surface area contributed by atoms with Crippen LogP contribution in [-0.2, 0) is 33.8 Å². The molecule has 1 aromatic heterocycles. The molecule has 2 saturated carbocycles. The standard InChI is InChI=1S/C37H48ClN3O9S/c1-9-21-17-37(21,30(42)20-51(46,47)24-11-12-24)40-32(44)28-15-23(49-33-26-14-22(38)10-13-25(26)29(48-8)18-39-33)19-41(28)34(45)27(35(2,3)4)16-31(43)50-36(5,6)7/h9-10,13-14,18,21,23-24,27-28H,1,11-12,15-17,19-20H2,2-8H3,(H,40,44)/t21-,23-,27-,28+,37-/m1/s1/i8D3. The van der Waals surface area contributed by atoms with Gasteiger partial charge >= 0.3 is 5.97 Å². The molecule has 3 aliphatic rings. The molecular weight excluding hydrogens is 698 g/mol. The van der Waals surface area contributed by atoms with Gasteiger partial charge in [0.2, 0.25) is 17.7 Å². The molecule has 5 atom stereocenters. The summed E-state index contributed by atoms with van der Waals surface area (Å²) in [6.07, 6.45) is 2.65. The van der Waals surface area contributed by atoms with Crippen molar-refractivity contribution >= 4 is 55.8 Å². The SMILES string of the molecule is [2H]C([2H])([2H])Oc1cnc(O[C@@H]2C[C@@H](C(=O)N[C@]3(C(=O)CS(=O)(=O)C4CC4)C[C@H]3C=C)N(C(=O)[C@@H](CC(=O)OC(C)(C)C)C(C)(C)C)C2)c2cc(Cl)ccc12. The Morgan fingerprint density at radius 3 is 2.47 bits per heavy atom. The van der Waals surface area contributed by atoms with Crippen LogP contribution in [0.5, 0.6) is 11.6 Å². The molecule has 2 amide bonds. The minimum absolute atomic E-state index is 0.0375. The molecule has 51 heavy (non-hydrogen) atoms. The predicted molar refractivity (Wildman–Crippen MR) is 192 cm³/mol. The van der Waals surface area contributed by atoms with Crippen molar-refractivity contribution in [3.05, 3.63) is 42.1 Å². The van der Waals surface area contributed by atoms with E-state index in [9.17, 15) is 27.6 Å². The van der Waals surface area contributed by atoms with Crippen LogP contribution in [0, 0.1) is 17.3 Å². The summed E-state index contributed by atoms with van der Waals surface area (Å²) in [4.78, 5) is 61.2. The van der Waals surface area contributed by atoms with Gasteiger partial charge in [0.05, 0.1) is 41.5 Å². The first-order valence-electron chi connectivity index (χ1n) is 18.5. The number of likely N-dealkylation sites (tertiary alicyclic amines) is 1. The Bertz CT molecular complexity index is 1960. The van der Waals surface area contributed by atoms with E-state index in [1.165, 1.54) is 23.2 Å². The van der Waals surface area contributed by atoms with Crippen LogP contribution in [0.3, 0.4) is 0 Å². The fourth-order valence-corrected chi connectivity index (χ4v) is 8.54. The van der Waals surface area contributed by atoms with Gasteiger partial charge in [-0.05, 0) is 63.6 Å². The monoisotopic (exact) mass is 748 g/mol. The molecule has 0 bridgehead atoms. The molecule has 1 N–H and O–H groups in total. The first kappa shape index (κ1) is 34.4. The highest BCUT2D eigenvalue weighted by Gasteiger charge is 2.61. The van der Waals surface area contributed by atoms with E-state index in [4.69, 9.17) is 29.9 Å². The van der Waals surface area contributed by atoms with E-state index in [2.05, 4.69) is 16.9 Å². The van der Waals surface area contributed by atoms with Crippen LogP contribution in [0.2, 0.25) is 5.02 Å². The van der Waals surface area contributed by atoms with Gasteiger partial charge in [-0.25, -0.2) is 13.4 Å². The van der Waals surface area contributed by atoms with Crippen LogP contribution >= 0.6 is 11.6 Å². The van der Waals surface area contributed by atoms with Crippen LogP contribution < -0.4 is 14.8 Å². The number of carbonyl (C=O) groups excluding carboxylic acids is 4. The van der Waals surface area contributed by atoms with Crippen molar-refractivity contribution in [2.45, 2.75) is 102 Å². The molecule has 3 fully saturated rings. The largest absolute Gasteiger partial charge is 0.494 e. The number of Topliss-reactive ketones (excluding diaryl/α,β-unsaturated/α-hetero) is 1. The van der Waals surface area contributed by atoms with Crippen LogP contribution in [0.15, 0.2) is 37.1 Å². The predicted octanol–water partition coefficient (Wildman–Crippen LogP) is 4.85. The molecule has 1 aliphatic heterocycles. The highest BCUT2D eigenvalue weighted by atomic mass is 35.5. The number of nitrogens with one attached hydrogen (secondary N) is 1. The normalized spacial score (nSPS) is 25.2. The number of fused-ring (bicyclic) bond motifs is 1. The Kier molecular flexibility index (Phi) is 9.45. The number of ketones is 1. The first-order valence-corrected chi connectivity index (χ1v) is 19.1. The van der Waals surface area contributed by atoms with E-state index in [0.717, 1.165) is 0 Å². The summed E-state index contributed by atoms with van der Waals surface area (Å²) in [6.45, 7) is 14.2. The van der Waals surface area contributed by atoms with Gasteiger partial charge in [-0.2, -0.15) is 0 Å². The number of benzene rings is 1. The minimum Gasteiger partial charge on any atom is -0.494 e. The lowest BCUT2D eigenvalue weighted by molar-refractivity contribution is -0.161. The molecular formula is C37H48ClN3O9S. The summed E-state index contributed by atoms with van der Waals surface area (Å²) < 4.78 is 65.3. The van der Waals surface area contributed by atoms with E-state index in [1.54, 1.807) is 53.7 Å². The molecule has 1 aromatic carbocycles. The molecule has 0 unspecified atom stereocenters. The van der Waals surface area contributed by atoms with Crippen molar-refractivity contribution < 1.29 is 45.9 Å². The smallest absolute Gasteiger partial charge is 0.307 e. The molecule has 278 valence electrons. The zero-order valence-electron chi connectivity index (χ0n) is 32.8. The van der Waals surface area contributed by atoms with Gasteiger partial charge in [0.1, 0.15) is 34.8 Å². The number of sulfone groups is 1. The molecule has 2 aliphatic carbocycles. The van der Waals surface area contributed by atoms with E-state index < -0.39 is 92.0 Å². The topological polar surface area (TPSA) is 158 Å². The molecule has 0 radical (unpaired) electrons. The lowest BCUT2D eigenvalue weighted by atomic mass is 9.77. The Labute approximate surface area is 308 Å². The maximum Gasteiger partial charge on any atom is 0.307 e. The third kappa shape index (κ3) is 8.51. The second kappa shape index (κ2) is 14.0. The number of pyridine rings is 1. The van der Waals surface area contributed by atoms with Gasteiger partial charge in [-0.15, -0.1) is 6.58 Å². The fourth-order valence-electron chi connectivity index (χ4n) is 6.65. The van der Waals surface area contributed by atoms with Crippen molar-refractivity contribution in [2.24, 2.45) is 17.3 Å². The van der Waals surface area contributed by atoms with Gasteiger partial charge < -0.3 is 24.4 Å². The van der Waals surface area contributed by atoms with Crippen molar-refractivity contribution in [1.82, 2.24) is 15.2 Å². The molecule has 12 nitrogen and oxygen atoms in total. The van der Waals surface area contributed by atoms with Gasteiger partial charge in [0, 0.05) is 28.1 Å². The number of ether oxygens (including phenoxy) is 3. The second-order valence-electron chi connectivity index (χ2n) is 15.8. The Morgan fingerprint density at radius 2 is 1.88 bits per heavy atom. The number of halogens is 1. The number of carbonyl (C=O) groups is 4. The average molecular weight is 749 g/mol. The molecule has 2 heterocycles. The van der Waals surface area contributed by atoms with E-state index in [1.807, 2.05) is 0 Å². The van der Waals surface area contributed by atoms with Crippen molar-refractivity contribution in [2.75, 3.05) is 19.3 Å². The highest BCUT2D eigenvalue weighted by Crippen LogP contribution is 2.47. The molecule has 14 heteroatoms. The van der Waals surface area contributed by atoms with Crippen molar-refractivity contribution in [3.63, 3.8) is 0 Å². The van der Waals surface area contributed by atoms with Crippen LogP contribution in [0.4, 0.5) is 0 Å². The first-order chi connectivity index (χ1) is 24.8. The molecule has 1 saturated heterocycles. The van der Waals surface area contributed by atoms with Gasteiger partial charge in [-0.3, -0.25) is 19.2 Å². The van der Waals surface area contributed by atoms with Gasteiger partial charge in [0.25, 0.3) is 0 Å². The number of rotatable bonds is 13. The average Bonchev–Trinajstić information content (AvgIpc) is 3.95. The fraction of sp³-hybridized carbons (Fsp3) is 0.595. The van der Waals surface area contributed by atoms with Crippen LogP contribution in [0.25, 0.3) is 10.8 Å². The number of hydrogen-bond acceptors (Lipinski definition) is 10. The quantitative estimate of drug-likeness (QED) is 0.222. The lowest BCUT2D eigenvalue weighted by Crippen LogP contribution is -2.55. The second-order valence-corrected chi connectivity index (χ2v) is 18.6. The minimum atomic E-state index is -3.69. The summed E-state index contributed by atoms with van der Waals surface area (Å²) in [5, 5.41) is 3.21. The zero-order valence-corrected chi connectivity index (χ0v) is 31.4. The Hall–Kier alpha value is -3.71. The maximum atomic E-state index is 14.6. The number of esters is 1. The maximum absolute atomic E-state index is 14.6. The third-order valence-electron chi connectivity index (χ3n) is 9.66. The zero-order chi connectivity index (χ0) is 40.2. The summed E-state index contributed by atoms with van der Waals surface area (Å²) in [7, 11) is -6.45. The highest BCUT2D eigenvalue weighted by molar-refractivity contribution is 7.93. The summed E-state index contributed by atoms with van der Waals surface area (Å²) in [6, 6.07) is 3.44. The number of aromatic nitrogens is 1. The Morgan fingerprint density at radius 1 is 1.18 bits per heavy atom. The lowest BCUT2D eigenvalue weighted by Gasteiger charge is -2.35. The van der Waals surface area contributed by atoms with E-state index >= 15 is 0 Å². The molecule has 0 spiro atoms. The molecule has 5 rings (SSSR count). The van der Waals surface area contributed by atoms with Crippen molar-refractivity contribution in [1.29, 1.82) is 0 Å². The summed E-state index contributed by atoms with van der Waals surface area (Å²) in [5.74, 6) is -4.60. The van der Waals surface area contributed by atoms with Gasteiger partial charge in [-0.1, -0.05) is 38.4 Å². The third-order valence-corrected chi connectivity index (χ3v) is 12.0. The number of hydrogen-bond donors (Lipinski definition) is 1. The summed E-state index contributed by atoms with van der Waals surface area (Å²) in [5.41, 5.74) is -3.07. The van der Waals surface area contributed by atoms with Crippen molar-refractivity contribution in [3.8, 4) is 11.6 Å². The number of amides is 2. The van der Waals surface area contributed by atoms with E-state index in [0.29, 0.717) is 28.6 Å². The Balaban J connectivity index is 1.48. The van der Waals surface area contributed by atoms with Crippen LogP contribution in [0.1, 0.15) is 77.8 Å². The van der Waals surface area contributed by atoms with E-state index in [-0.39, 0.29) is 37.4 Å². The summed E-state index contributed by atoms with van der Waals surface area (Å²) >= 11 is 6.31. The van der Waals surface area contributed by atoms with Gasteiger partial charge in [0.15, 0.2) is 15.6 Å². The van der Waals surface area contributed by atoms with Crippen LogP contribution in [-0.4, -0.2) is 89.7 Å². The number of nitrogens with zero attached hydrogens (tertiary/aromatic N) is 2. The number of methoxy groups -OCH3 is 1.